The van der Waals surface area contributed by atoms with E-state index in [9.17, 15) is 4.79 Å². The van der Waals surface area contributed by atoms with Gasteiger partial charge >= 0.3 is 0 Å². The Bertz CT molecular complexity index is 962. The summed E-state index contributed by atoms with van der Waals surface area (Å²) in [5.41, 5.74) is 3.68. The maximum atomic E-state index is 12.1. The average molecular weight is 383 g/mol. The molecule has 1 aliphatic carbocycles. The van der Waals surface area contributed by atoms with Crippen molar-refractivity contribution in [1.29, 1.82) is 0 Å². The quantitative estimate of drug-likeness (QED) is 0.725. The van der Waals surface area contributed by atoms with Crippen LogP contribution in [0.5, 0.6) is 0 Å². The average Bonchev–Trinajstić information content (AvgIpc) is 3.40. The Balaban J connectivity index is 1.35. The highest BCUT2D eigenvalue weighted by Crippen LogP contribution is 2.39. The number of aromatic nitrogens is 4. The minimum atomic E-state index is -0.199. The molecule has 28 heavy (non-hydrogen) atoms. The number of hydrogen-bond donors (Lipinski definition) is 1. The molecule has 3 aromatic heterocycles. The fourth-order valence-corrected chi connectivity index (χ4v) is 3.92. The second-order valence-corrected chi connectivity index (χ2v) is 7.69. The summed E-state index contributed by atoms with van der Waals surface area (Å²) in [5.74, 6) is 1.70. The Hall–Kier alpha value is -2.90. The van der Waals surface area contributed by atoms with E-state index in [1.807, 2.05) is 30.9 Å². The highest BCUT2D eigenvalue weighted by atomic mass is 16.5. The van der Waals surface area contributed by atoms with E-state index < -0.39 is 0 Å². The van der Waals surface area contributed by atoms with Gasteiger partial charge in [0, 0.05) is 37.8 Å². The van der Waals surface area contributed by atoms with Crippen molar-refractivity contribution < 1.29 is 13.8 Å². The molecule has 3 heterocycles. The molecule has 1 aliphatic rings. The zero-order chi connectivity index (χ0) is 19.7. The molecule has 1 saturated carbocycles. The second kappa shape index (κ2) is 7.61. The lowest BCUT2D eigenvalue weighted by Crippen LogP contribution is -2.31. The van der Waals surface area contributed by atoms with Gasteiger partial charge < -0.3 is 14.4 Å². The van der Waals surface area contributed by atoms with E-state index in [1.165, 1.54) is 0 Å². The summed E-state index contributed by atoms with van der Waals surface area (Å²) < 4.78 is 12.3. The predicted octanol–water partition coefficient (Wildman–Crippen LogP) is 3.38. The number of carbonyl (C=O) groups is 1. The topological polar surface area (TPSA) is 99.0 Å². The van der Waals surface area contributed by atoms with E-state index in [0.29, 0.717) is 24.1 Å². The van der Waals surface area contributed by atoms with Crippen molar-refractivity contribution in [1.82, 2.24) is 25.4 Å². The van der Waals surface area contributed by atoms with Gasteiger partial charge in [-0.3, -0.25) is 9.48 Å². The van der Waals surface area contributed by atoms with Crippen molar-refractivity contribution in [2.24, 2.45) is 13.0 Å². The number of nitrogens with one attached hydrogen (secondary N) is 1. The Morgan fingerprint density at radius 2 is 1.86 bits per heavy atom. The molecule has 0 bridgehead atoms. The molecule has 4 rings (SSSR count). The third kappa shape index (κ3) is 3.85. The molecular formula is C20H25N5O3. The van der Waals surface area contributed by atoms with Gasteiger partial charge in [-0.1, -0.05) is 10.3 Å². The summed E-state index contributed by atoms with van der Waals surface area (Å²) in [5, 5.41) is 15.4. The van der Waals surface area contributed by atoms with Crippen LogP contribution in [0.4, 0.5) is 0 Å². The number of carbonyl (C=O) groups excluding carboxylic acids is 1. The predicted molar refractivity (Wildman–Crippen MR) is 102 cm³/mol. The van der Waals surface area contributed by atoms with E-state index >= 15 is 0 Å². The van der Waals surface area contributed by atoms with Crippen LogP contribution in [0, 0.1) is 19.8 Å². The molecular weight excluding hydrogens is 358 g/mol. The highest BCUT2D eigenvalue weighted by molar-refractivity contribution is 5.91. The molecule has 1 fully saturated rings. The molecule has 3 aromatic rings. The fraction of sp³-hybridized carbons (Fsp3) is 0.500. The van der Waals surface area contributed by atoms with Crippen molar-refractivity contribution >= 4 is 5.91 Å². The minimum absolute atomic E-state index is 0.199. The van der Waals surface area contributed by atoms with E-state index in [2.05, 4.69) is 15.6 Å². The molecule has 0 aliphatic heterocycles. The van der Waals surface area contributed by atoms with Crippen LogP contribution < -0.4 is 5.32 Å². The van der Waals surface area contributed by atoms with Crippen molar-refractivity contribution in [3.63, 3.8) is 0 Å². The zero-order valence-corrected chi connectivity index (χ0v) is 16.4. The lowest BCUT2D eigenvalue weighted by molar-refractivity contribution is 0.0905. The van der Waals surface area contributed by atoms with Gasteiger partial charge in [-0.15, -0.1) is 0 Å². The van der Waals surface area contributed by atoms with E-state index in [4.69, 9.17) is 14.1 Å². The van der Waals surface area contributed by atoms with E-state index in [-0.39, 0.29) is 11.7 Å². The SMILES string of the molecule is Cc1cc(C(=O)NCC2CCC(c3nn(C)cc3-c3cc(C)no3)CC2)on1. The maximum absolute atomic E-state index is 12.1. The van der Waals surface area contributed by atoms with Crippen molar-refractivity contribution in [3.8, 4) is 11.3 Å². The first-order valence-corrected chi connectivity index (χ1v) is 9.68. The van der Waals surface area contributed by atoms with Crippen LogP contribution in [0.1, 0.15) is 59.2 Å². The van der Waals surface area contributed by atoms with Crippen molar-refractivity contribution in [2.75, 3.05) is 6.54 Å². The van der Waals surface area contributed by atoms with Gasteiger partial charge in [0.25, 0.3) is 5.91 Å². The number of amides is 1. The summed E-state index contributed by atoms with van der Waals surface area (Å²) >= 11 is 0. The molecule has 0 radical (unpaired) electrons. The third-order valence-corrected chi connectivity index (χ3v) is 5.39. The summed E-state index contributed by atoms with van der Waals surface area (Å²) in [6.07, 6.45) is 6.18. The molecule has 1 N–H and O–H groups in total. The number of aryl methyl sites for hydroxylation is 3. The number of nitrogens with zero attached hydrogens (tertiary/aromatic N) is 4. The lowest BCUT2D eigenvalue weighted by atomic mass is 9.79. The number of hydrogen-bond acceptors (Lipinski definition) is 6. The minimum Gasteiger partial charge on any atom is -0.356 e. The van der Waals surface area contributed by atoms with Gasteiger partial charge in [0.1, 0.15) is 0 Å². The largest absolute Gasteiger partial charge is 0.356 e. The molecule has 0 aromatic carbocycles. The monoisotopic (exact) mass is 383 g/mol. The van der Waals surface area contributed by atoms with Gasteiger partial charge in [-0.25, -0.2) is 0 Å². The molecule has 1 amide bonds. The van der Waals surface area contributed by atoms with Crippen LogP contribution in [-0.2, 0) is 7.05 Å². The van der Waals surface area contributed by atoms with Gasteiger partial charge in [-0.2, -0.15) is 5.10 Å². The summed E-state index contributed by atoms with van der Waals surface area (Å²) in [6.45, 7) is 4.37. The molecule has 0 atom stereocenters. The first-order valence-electron chi connectivity index (χ1n) is 9.68. The Morgan fingerprint density at radius 1 is 1.14 bits per heavy atom. The van der Waals surface area contributed by atoms with Crippen LogP contribution in [0.15, 0.2) is 27.4 Å². The zero-order valence-electron chi connectivity index (χ0n) is 16.4. The lowest BCUT2D eigenvalue weighted by Gasteiger charge is -2.28. The first-order chi connectivity index (χ1) is 13.5. The van der Waals surface area contributed by atoms with Crippen molar-refractivity contribution in [3.05, 3.63) is 41.2 Å². The second-order valence-electron chi connectivity index (χ2n) is 7.69. The molecule has 8 nitrogen and oxygen atoms in total. The smallest absolute Gasteiger partial charge is 0.289 e. The summed E-state index contributed by atoms with van der Waals surface area (Å²) in [4.78, 5) is 12.1. The fourth-order valence-electron chi connectivity index (χ4n) is 3.92. The Morgan fingerprint density at radius 3 is 2.50 bits per heavy atom. The summed E-state index contributed by atoms with van der Waals surface area (Å²) in [6, 6.07) is 3.60. The van der Waals surface area contributed by atoms with Gasteiger partial charge in [-0.05, 0) is 45.4 Å². The van der Waals surface area contributed by atoms with Crippen LogP contribution in [-0.4, -0.2) is 32.5 Å². The van der Waals surface area contributed by atoms with Gasteiger partial charge in [0.05, 0.1) is 22.6 Å². The van der Waals surface area contributed by atoms with E-state index in [1.54, 1.807) is 13.0 Å². The summed E-state index contributed by atoms with van der Waals surface area (Å²) in [7, 11) is 1.93. The van der Waals surface area contributed by atoms with E-state index in [0.717, 1.165) is 48.4 Å². The van der Waals surface area contributed by atoms with Crippen molar-refractivity contribution in [2.45, 2.75) is 45.4 Å². The molecule has 0 spiro atoms. The molecule has 0 saturated heterocycles. The van der Waals surface area contributed by atoms with Gasteiger partial charge in [0.2, 0.25) is 5.76 Å². The van der Waals surface area contributed by atoms with Gasteiger partial charge in [0.15, 0.2) is 5.76 Å². The van der Waals surface area contributed by atoms with Crippen LogP contribution in [0.25, 0.3) is 11.3 Å². The van der Waals surface area contributed by atoms with Crippen LogP contribution in [0.3, 0.4) is 0 Å². The Kier molecular flexibility index (Phi) is 5.02. The number of rotatable bonds is 5. The van der Waals surface area contributed by atoms with Crippen LogP contribution in [0.2, 0.25) is 0 Å². The van der Waals surface area contributed by atoms with Crippen LogP contribution >= 0.6 is 0 Å². The molecule has 0 unspecified atom stereocenters. The molecule has 148 valence electrons. The standard InChI is InChI=1S/C20H25N5O3/c1-12-8-17(27-23-12)16-11-25(3)22-19(16)15-6-4-14(5-7-15)10-21-20(26)18-9-13(2)24-28-18/h8-9,11,14-15H,4-7,10H2,1-3H3,(H,21,26). The molecule has 8 heteroatoms. The third-order valence-electron chi connectivity index (χ3n) is 5.39. The first kappa shape index (κ1) is 18.5. The maximum Gasteiger partial charge on any atom is 0.289 e. The Labute approximate surface area is 163 Å². The highest BCUT2D eigenvalue weighted by Gasteiger charge is 2.28. The normalized spacial score (nSPS) is 19.7.